The number of nitrogens with zero attached hydrogens (tertiary/aromatic N) is 3. The van der Waals surface area contributed by atoms with Crippen molar-refractivity contribution in [2.45, 2.75) is 25.5 Å². The minimum absolute atomic E-state index is 0.0183. The molecule has 1 aliphatic carbocycles. The van der Waals surface area contributed by atoms with Gasteiger partial charge in [-0.2, -0.15) is 0 Å². The van der Waals surface area contributed by atoms with Crippen LogP contribution in [-0.4, -0.2) is 9.49 Å². The van der Waals surface area contributed by atoms with E-state index in [-0.39, 0.29) is 29.7 Å². The Kier molecular flexibility index (Phi) is 7.84. The van der Waals surface area contributed by atoms with Crippen LogP contribution in [0.5, 0.6) is 5.75 Å². The van der Waals surface area contributed by atoms with E-state index in [0.717, 1.165) is 46.4 Å². The molecule has 2 aliphatic rings. The molecule has 7 nitrogen and oxygen atoms in total. The molecule has 11 heteroatoms. The van der Waals surface area contributed by atoms with Crippen molar-refractivity contribution in [1.29, 1.82) is 0 Å². The lowest BCUT2D eigenvalue weighted by molar-refractivity contribution is -0.384. The Balaban J connectivity index is 1.27. The number of rotatable bonds is 6. The van der Waals surface area contributed by atoms with Crippen LogP contribution in [0.2, 0.25) is 0 Å². The molecule has 1 atom stereocenters. The predicted octanol–water partition coefficient (Wildman–Crippen LogP) is 7.47. The normalized spacial score (nSPS) is 15.6. The fraction of sp³-hybridized carbons (Fsp3) is 0.118. The number of non-ortho nitro benzene ring substituents is 1. The van der Waals surface area contributed by atoms with Crippen LogP contribution in [0.15, 0.2) is 109 Å². The average Bonchev–Trinajstić information content (AvgIpc) is 3.34. The van der Waals surface area contributed by atoms with Gasteiger partial charge in [0.25, 0.3) is 11.2 Å². The Morgan fingerprint density at radius 2 is 1.73 bits per heavy atom. The van der Waals surface area contributed by atoms with Gasteiger partial charge in [-0.05, 0) is 115 Å². The second-order valence-corrected chi connectivity index (χ2v) is 13.4. The summed E-state index contributed by atoms with van der Waals surface area (Å²) in [5.74, 6) is 0.236. The molecule has 0 fully saturated rings. The van der Waals surface area contributed by atoms with Crippen molar-refractivity contribution in [3.05, 3.63) is 163 Å². The van der Waals surface area contributed by atoms with Crippen LogP contribution in [0.3, 0.4) is 0 Å². The van der Waals surface area contributed by atoms with Crippen molar-refractivity contribution in [1.82, 2.24) is 4.57 Å². The quantitative estimate of drug-likeness (QED) is 0.133. The van der Waals surface area contributed by atoms with E-state index in [1.54, 1.807) is 28.8 Å². The zero-order chi connectivity index (χ0) is 31.2. The van der Waals surface area contributed by atoms with Gasteiger partial charge in [-0.25, -0.2) is 9.38 Å². The Hall–Kier alpha value is -4.19. The molecule has 0 unspecified atom stereocenters. The number of fused-ring (bicyclic) bond motifs is 3. The number of allylic oxidation sites excluding steroid dienone is 1. The summed E-state index contributed by atoms with van der Waals surface area (Å²) in [5.41, 5.74) is 6.49. The Bertz CT molecular complexity index is 2190. The highest BCUT2D eigenvalue weighted by Gasteiger charge is 2.32. The highest BCUT2D eigenvalue weighted by molar-refractivity contribution is 9.11. The van der Waals surface area contributed by atoms with Crippen molar-refractivity contribution in [3.8, 4) is 5.75 Å². The summed E-state index contributed by atoms with van der Waals surface area (Å²) in [6.07, 6.45) is 3.42. The second kappa shape index (κ2) is 12.0. The maximum absolute atomic E-state index is 14.0. The maximum atomic E-state index is 14.0. The molecule has 1 aliphatic heterocycles. The van der Waals surface area contributed by atoms with Gasteiger partial charge in [0, 0.05) is 17.7 Å². The molecule has 45 heavy (non-hydrogen) atoms. The Morgan fingerprint density at radius 1 is 1.02 bits per heavy atom. The van der Waals surface area contributed by atoms with Gasteiger partial charge < -0.3 is 4.74 Å². The van der Waals surface area contributed by atoms with Gasteiger partial charge in [-0.3, -0.25) is 19.5 Å². The van der Waals surface area contributed by atoms with E-state index in [0.29, 0.717) is 24.0 Å². The zero-order valence-corrected chi connectivity index (χ0v) is 27.4. The summed E-state index contributed by atoms with van der Waals surface area (Å²) in [6, 6.07) is 24.1. The van der Waals surface area contributed by atoms with E-state index in [2.05, 4.69) is 44.0 Å². The van der Waals surface area contributed by atoms with E-state index >= 15 is 0 Å². The van der Waals surface area contributed by atoms with Gasteiger partial charge in [0.15, 0.2) is 4.80 Å². The summed E-state index contributed by atoms with van der Waals surface area (Å²) in [7, 11) is 0. The average molecular weight is 747 g/mol. The van der Waals surface area contributed by atoms with E-state index in [1.807, 2.05) is 30.3 Å². The largest absolute Gasteiger partial charge is 0.487 e. The highest BCUT2D eigenvalue weighted by Crippen LogP contribution is 2.41. The highest BCUT2D eigenvalue weighted by atomic mass is 79.9. The topological polar surface area (TPSA) is 86.7 Å². The molecule has 0 spiro atoms. The molecule has 2 heterocycles. The summed E-state index contributed by atoms with van der Waals surface area (Å²) < 4.78 is 23.6. The molecule has 0 amide bonds. The van der Waals surface area contributed by atoms with Crippen molar-refractivity contribution in [2.75, 3.05) is 0 Å². The molecule has 224 valence electrons. The van der Waals surface area contributed by atoms with Gasteiger partial charge in [-0.15, -0.1) is 0 Å². The number of hydrogen-bond donors (Lipinski definition) is 0. The fourth-order valence-corrected chi connectivity index (χ4v) is 8.24. The van der Waals surface area contributed by atoms with Crippen LogP contribution in [0.1, 0.15) is 40.3 Å². The number of thiazole rings is 1. The number of benzene rings is 4. The van der Waals surface area contributed by atoms with Gasteiger partial charge in [-0.1, -0.05) is 47.7 Å². The standard InChI is InChI=1S/C34H22Br2FN3O4S/c35-27-15-20(16-28(36)32(27)44-18-19-5-12-24(13-6-19)40(42)43)17-29-33(41)39-31(22-7-10-23(37)11-8-22)26-14-9-21-3-1-2-4-25(21)30(26)38-34(39)45-29/h1-8,10-13,15-17,31H,9,14,18H2/b29-17-/t31-/m0/s1. The SMILES string of the molecule is O=c1/c(=C/c2cc(Br)c(OCc3ccc([N+](=O)[O-])cc3)c(Br)c2)sc2n1[C@@H](c1ccc(F)cc1)C1=C(N=2)c2ccccc2CC1. The van der Waals surface area contributed by atoms with Crippen LogP contribution >= 0.6 is 43.2 Å². The third-order valence-electron chi connectivity index (χ3n) is 7.91. The molecule has 7 rings (SSSR count). The maximum Gasteiger partial charge on any atom is 0.271 e. The molecule has 0 bridgehead atoms. The molecular formula is C34H22Br2FN3O4S. The zero-order valence-electron chi connectivity index (χ0n) is 23.4. The number of nitro groups is 1. The summed E-state index contributed by atoms with van der Waals surface area (Å²) in [5, 5.41) is 10.9. The molecule has 1 aromatic heterocycles. The van der Waals surface area contributed by atoms with Crippen molar-refractivity contribution in [2.24, 2.45) is 4.99 Å². The molecule has 0 radical (unpaired) electrons. The van der Waals surface area contributed by atoms with Gasteiger partial charge >= 0.3 is 0 Å². The van der Waals surface area contributed by atoms with Crippen LogP contribution < -0.4 is 19.6 Å². The second-order valence-electron chi connectivity index (χ2n) is 10.7. The lowest BCUT2D eigenvalue weighted by atomic mass is 9.83. The van der Waals surface area contributed by atoms with Crippen molar-refractivity contribution in [3.63, 3.8) is 0 Å². The fourth-order valence-electron chi connectivity index (χ4n) is 5.79. The monoisotopic (exact) mass is 745 g/mol. The number of halogens is 3. The molecule has 0 saturated carbocycles. The molecule has 0 N–H and O–H groups in total. The van der Waals surface area contributed by atoms with E-state index in [1.165, 1.54) is 41.2 Å². The molecular weight excluding hydrogens is 725 g/mol. The Morgan fingerprint density at radius 3 is 2.44 bits per heavy atom. The minimum atomic E-state index is -0.441. The summed E-state index contributed by atoms with van der Waals surface area (Å²) >= 11 is 8.51. The van der Waals surface area contributed by atoms with E-state index in [4.69, 9.17) is 9.73 Å². The van der Waals surface area contributed by atoms with Gasteiger partial charge in [0.2, 0.25) is 0 Å². The van der Waals surface area contributed by atoms with E-state index in [9.17, 15) is 19.3 Å². The lowest BCUT2D eigenvalue weighted by Gasteiger charge is -2.30. The first kappa shape index (κ1) is 29.5. The van der Waals surface area contributed by atoms with Gasteiger partial charge in [0.05, 0.1) is 30.1 Å². The van der Waals surface area contributed by atoms with Crippen LogP contribution in [0, 0.1) is 15.9 Å². The van der Waals surface area contributed by atoms with Crippen LogP contribution in [-0.2, 0) is 13.0 Å². The van der Waals surface area contributed by atoms with Crippen LogP contribution in [0.25, 0.3) is 11.8 Å². The number of hydrogen-bond acceptors (Lipinski definition) is 6. The first-order valence-corrected chi connectivity index (χ1v) is 16.4. The third kappa shape index (κ3) is 5.60. The van der Waals surface area contributed by atoms with Crippen molar-refractivity contribution >= 4 is 60.7 Å². The number of nitro benzene ring substituents is 1. The summed E-state index contributed by atoms with van der Waals surface area (Å²) in [4.78, 5) is 30.2. The van der Waals surface area contributed by atoms with Gasteiger partial charge in [0.1, 0.15) is 18.2 Å². The summed E-state index contributed by atoms with van der Waals surface area (Å²) in [6.45, 7) is 0.213. The number of ether oxygens (including phenoxy) is 1. The first-order chi connectivity index (χ1) is 21.8. The predicted molar refractivity (Wildman–Crippen MR) is 178 cm³/mol. The van der Waals surface area contributed by atoms with Crippen molar-refractivity contribution < 1.29 is 14.1 Å². The number of aryl methyl sites for hydroxylation is 1. The van der Waals surface area contributed by atoms with E-state index < -0.39 is 4.92 Å². The Labute approximate surface area is 277 Å². The number of aromatic nitrogens is 1. The molecule has 4 aromatic carbocycles. The molecule has 0 saturated heterocycles. The lowest BCUT2D eigenvalue weighted by Crippen LogP contribution is -2.38. The first-order valence-electron chi connectivity index (χ1n) is 14.0. The minimum Gasteiger partial charge on any atom is -0.487 e. The molecule has 5 aromatic rings. The van der Waals surface area contributed by atoms with Crippen LogP contribution in [0.4, 0.5) is 10.1 Å². The third-order valence-corrected chi connectivity index (χ3v) is 10.1. The smallest absolute Gasteiger partial charge is 0.271 e.